The lowest BCUT2D eigenvalue weighted by Gasteiger charge is -2.12. The lowest BCUT2D eigenvalue weighted by atomic mass is 10.3. The van der Waals surface area contributed by atoms with Crippen molar-refractivity contribution in [2.24, 2.45) is 0 Å². The van der Waals surface area contributed by atoms with Crippen LogP contribution in [-0.4, -0.2) is 25.0 Å². The van der Waals surface area contributed by atoms with Crippen LogP contribution >= 0.6 is 0 Å². The Bertz CT molecular complexity index is 94.7. The highest BCUT2D eigenvalue weighted by atomic mass is 15.1. The van der Waals surface area contributed by atoms with Gasteiger partial charge in [-0.2, -0.15) is 0 Å². The zero-order chi connectivity index (χ0) is 7.28. The van der Waals surface area contributed by atoms with Gasteiger partial charge >= 0.3 is 0 Å². The fourth-order valence-corrected chi connectivity index (χ4v) is 0.629. The van der Waals surface area contributed by atoms with Crippen LogP contribution in [-0.2, 0) is 0 Å². The van der Waals surface area contributed by atoms with Gasteiger partial charge in [-0.3, -0.25) is 0 Å². The van der Waals surface area contributed by atoms with E-state index in [9.17, 15) is 0 Å². The Balaban J connectivity index is 3.47. The van der Waals surface area contributed by atoms with Crippen molar-refractivity contribution in [3.8, 4) is 0 Å². The Labute approximate surface area is 58.4 Å². The second kappa shape index (κ2) is 4.57. The van der Waals surface area contributed by atoms with Gasteiger partial charge in [0.2, 0.25) is 0 Å². The van der Waals surface area contributed by atoms with E-state index in [1.54, 1.807) is 0 Å². The molecule has 0 spiro atoms. The second-order valence-corrected chi connectivity index (χ2v) is 2.47. The van der Waals surface area contributed by atoms with Crippen LogP contribution in [0.2, 0.25) is 0 Å². The summed E-state index contributed by atoms with van der Waals surface area (Å²) < 4.78 is 0. The summed E-state index contributed by atoms with van der Waals surface area (Å²) in [5.74, 6) is 0. The van der Waals surface area contributed by atoms with Gasteiger partial charge in [-0.05, 0) is 27.4 Å². The molecule has 0 unspecified atom stereocenters. The summed E-state index contributed by atoms with van der Waals surface area (Å²) in [6.45, 7) is 8.64. The molecule has 0 rings (SSSR count). The van der Waals surface area contributed by atoms with Crippen molar-refractivity contribution in [1.29, 1.82) is 0 Å². The van der Waals surface area contributed by atoms with E-state index in [-0.39, 0.29) is 0 Å². The predicted octanol–water partition coefficient (Wildman–Crippen LogP) is 1.90. The molecule has 0 aromatic rings. The molecule has 0 aliphatic heterocycles. The first kappa shape index (κ1) is 8.70. The number of likely N-dealkylation sites (N-methyl/N-ethyl adjacent to an activating group) is 1. The Morgan fingerprint density at radius 2 is 2.11 bits per heavy atom. The minimum Gasteiger partial charge on any atom is -0.303 e. The van der Waals surface area contributed by atoms with Crippen LogP contribution in [0.25, 0.3) is 0 Å². The van der Waals surface area contributed by atoms with Crippen molar-refractivity contribution < 1.29 is 0 Å². The summed E-state index contributed by atoms with van der Waals surface area (Å²) in [6, 6.07) is 0. The molecule has 0 atom stereocenters. The minimum absolute atomic E-state index is 1.10. The van der Waals surface area contributed by atoms with Crippen LogP contribution in [0, 0.1) is 0 Å². The van der Waals surface area contributed by atoms with E-state index >= 15 is 0 Å². The monoisotopic (exact) mass is 127 g/mol. The van der Waals surface area contributed by atoms with Crippen molar-refractivity contribution in [1.82, 2.24) is 4.90 Å². The van der Waals surface area contributed by atoms with Crippen molar-refractivity contribution >= 4 is 0 Å². The van der Waals surface area contributed by atoms with Gasteiger partial charge < -0.3 is 4.90 Å². The third-order valence-corrected chi connectivity index (χ3v) is 1.55. The van der Waals surface area contributed by atoms with Gasteiger partial charge in [-0.25, -0.2) is 0 Å². The topological polar surface area (TPSA) is 3.24 Å². The van der Waals surface area contributed by atoms with Crippen molar-refractivity contribution in [3.05, 3.63) is 11.6 Å². The molecule has 0 aliphatic rings. The Morgan fingerprint density at radius 1 is 1.56 bits per heavy atom. The maximum atomic E-state index is 2.29. The molecule has 0 saturated carbocycles. The molecule has 0 saturated heterocycles. The standard InChI is InChI=1S/C8H17N/c1-5-8(3)7-9(4)6-2/h5H,6-7H2,1-4H3/b8-5+. The normalized spacial score (nSPS) is 12.8. The van der Waals surface area contributed by atoms with E-state index < -0.39 is 0 Å². The molecule has 54 valence electrons. The quantitative estimate of drug-likeness (QED) is 0.523. The van der Waals surface area contributed by atoms with Crippen molar-refractivity contribution in [2.45, 2.75) is 20.8 Å². The van der Waals surface area contributed by atoms with Gasteiger partial charge in [0, 0.05) is 6.54 Å². The molecule has 0 aliphatic carbocycles. The van der Waals surface area contributed by atoms with Crippen LogP contribution in [0.4, 0.5) is 0 Å². The molecule has 0 amide bonds. The minimum atomic E-state index is 1.10. The lowest BCUT2D eigenvalue weighted by molar-refractivity contribution is 0.383. The molecule has 0 N–H and O–H groups in total. The fourth-order valence-electron chi connectivity index (χ4n) is 0.629. The van der Waals surface area contributed by atoms with Crippen LogP contribution < -0.4 is 0 Å². The van der Waals surface area contributed by atoms with Crippen LogP contribution in [0.5, 0.6) is 0 Å². The smallest absolute Gasteiger partial charge is 0.0186 e. The summed E-state index contributed by atoms with van der Waals surface area (Å²) in [7, 11) is 2.13. The molecule has 0 heterocycles. The average molecular weight is 127 g/mol. The fraction of sp³-hybridized carbons (Fsp3) is 0.750. The number of nitrogens with zero attached hydrogens (tertiary/aromatic N) is 1. The van der Waals surface area contributed by atoms with Gasteiger partial charge in [0.25, 0.3) is 0 Å². The third kappa shape index (κ3) is 4.22. The van der Waals surface area contributed by atoms with Gasteiger partial charge in [0.1, 0.15) is 0 Å². The number of hydrogen-bond donors (Lipinski definition) is 0. The SMILES string of the molecule is C/C=C(\C)CN(C)CC. The maximum absolute atomic E-state index is 2.29. The zero-order valence-corrected chi connectivity index (χ0v) is 6.94. The Kier molecular flexibility index (Phi) is 4.41. The molecule has 0 aromatic heterocycles. The van der Waals surface area contributed by atoms with E-state index in [2.05, 4.69) is 38.8 Å². The Hall–Kier alpha value is -0.300. The molecule has 0 bridgehead atoms. The maximum Gasteiger partial charge on any atom is 0.0186 e. The first-order valence-electron chi connectivity index (χ1n) is 3.51. The predicted molar refractivity (Wildman–Crippen MR) is 42.6 cm³/mol. The molecular formula is C8H17N. The van der Waals surface area contributed by atoms with Crippen LogP contribution in [0.15, 0.2) is 11.6 Å². The lowest BCUT2D eigenvalue weighted by Crippen LogP contribution is -2.19. The third-order valence-electron chi connectivity index (χ3n) is 1.55. The average Bonchev–Trinajstić information content (AvgIpc) is 1.87. The van der Waals surface area contributed by atoms with Gasteiger partial charge in [0.15, 0.2) is 0 Å². The largest absolute Gasteiger partial charge is 0.303 e. The van der Waals surface area contributed by atoms with E-state index in [4.69, 9.17) is 0 Å². The van der Waals surface area contributed by atoms with E-state index in [1.807, 2.05) is 0 Å². The van der Waals surface area contributed by atoms with Crippen molar-refractivity contribution in [2.75, 3.05) is 20.1 Å². The molecule has 1 nitrogen and oxygen atoms in total. The summed E-state index contributed by atoms with van der Waals surface area (Å²) in [5.41, 5.74) is 1.44. The van der Waals surface area contributed by atoms with Crippen LogP contribution in [0.1, 0.15) is 20.8 Å². The highest BCUT2D eigenvalue weighted by Gasteiger charge is 1.92. The highest BCUT2D eigenvalue weighted by Crippen LogP contribution is 1.93. The first-order chi connectivity index (χ1) is 4.20. The summed E-state index contributed by atoms with van der Waals surface area (Å²) in [5, 5.41) is 0. The molecule has 0 fully saturated rings. The molecule has 1 heteroatoms. The number of hydrogen-bond acceptors (Lipinski definition) is 1. The van der Waals surface area contributed by atoms with Gasteiger partial charge in [-0.1, -0.05) is 18.6 Å². The van der Waals surface area contributed by atoms with Gasteiger partial charge in [-0.15, -0.1) is 0 Å². The molecule has 9 heavy (non-hydrogen) atoms. The summed E-state index contributed by atoms with van der Waals surface area (Å²) >= 11 is 0. The molecular weight excluding hydrogens is 110 g/mol. The van der Waals surface area contributed by atoms with E-state index in [1.165, 1.54) is 5.57 Å². The molecule has 0 aromatic carbocycles. The van der Waals surface area contributed by atoms with Crippen LogP contribution in [0.3, 0.4) is 0 Å². The zero-order valence-electron chi connectivity index (χ0n) is 6.94. The first-order valence-corrected chi connectivity index (χ1v) is 3.51. The second-order valence-electron chi connectivity index (χ2n) is 2.47. The number of allylic oxidation sites excluding steroid dienone is 1. The number of rotatable bonds is 3. The van der Waals surface area contributed by atoms with Gasteiger partial charge in [0.05, 0.1) is 0 Å². The highest BCUT2D eigenvalue weighted by molar-refractivity contribution is 4.97. The summed E-state index contributed by atoms with van der Waals surface area (Å²) in [6.07, 6.45) is 2.16. The van der Waals surface area contributed by atoms with E-state index in [0.29, 0.717) is 0 Å². The van der Waals surface area contributed by atoms with Crippen molar-refractivity contribution in [3.63, 3.8) is 0 Å². The Morgan fingerprint density at radius 3 is 2.44 bits per heavy atom. The molecule has 0 radical (unpaired) electrons. The summed E-state index contributed by atoms with van der Waals surface area (Å²) in [4.78, 5) is 2.29. The van der Waals surface area contributed by atoms with E-state index in [0.717, 1.165) is 13.1 Å².